The number of amides is 1. The molecule has 1 aromatic rings. The van der Waals surface area contributed by atoms with Crippen LogP contribution in [-0.2, 0) is 4.79 Å². The second-order valence-corrected chi connectivity index (χ2v) is 4.60. The van der Waals surface area contributed by atoms with Gasteiger partial charge in [0.05, 0.1) is 0 Å². The average molecular weight is 254 g/mol. The van der Waals surface area contributed by atoms with Crippen molar-refractivity contribution < 1.29 is 19.2 Å². The molecule has 0 radical (unpaired) electrons. The number of ether oxygens (including phenoxy) is 1. The van der Waals surface area contributed by atoms with Gasteiger partial charge in [0.15, 0.2) is 6.61 Å². The quantitative estimate of drug-likeness (QED) is 0.851. The number of carbonyl (C=O) groups excluding carboxylic acids is 1. The molecule has 0 saturated carbocycles. The Morgan fingerprint density at radius 2 is 2.56 bits per heavy atom. The molecule has 1 aliphatic rings. The zero-order valence-electron chi connectivity index (χ0n) is 10.5. The van der Waals surface area contributed by atoms with E-state index in [9.17, 15) is 4.79 Å². The fourth-order valence-corrected chi connectivity index (χ4v) is 2.08. The van der Waals surface area contributed by atoms with E-state index >= 15 is 0 Å². The van der Waals surface area contributed by atoms with Crippen LogP contribution in [0.5, 0.6) is 5.88 Å². The predicted octanol–water partition coefficient (Wildman–Crippen LogP) is 0.593. The molecule has 6 heteroatoms. The van der Waals surface area contributed by atoms with Crippen LogP contribution < -0.4 is 4.74 Å². The molecule has 18 heavy (non-hydrogen) atoms. The molecule has 2 heterocycles. The van der Waals surface area contributed by atoms with Gasteiger partial charge < -0.3 is 19.3 Å². The van der Waals surface area contributed by atoms with Crippen molar-refractivity contribution in [3.8, 4) is 5.88 Å². The Kier molecular flexibility index (Phi) is 4.19. The third kappa shape index (κ3) is 3.22. The summed E-state index contributed by atoms with van der Waals surface area (Å²) in [6, 6.07) is 1.64. The first kappa shape index (κ1) is 12.9. The second kappa shape index (κ2) is 5.86. The van der Waals surface area contributed by atoms with Crippen LogP contribution >= 0.6 is 0 Å². The topological polar surface area (TPSA) is 75.8 Å². The largest absolute Gasteiger partial charge is 0.465 e. The summed E-state index contributed by atoms with van der Waals surface area (Å²) < 4.78 is 10.1. The summed E-state index contributed by atoms with van der Waals surface area (Å²) in [5, 5.41) is 12.8. The first-order chi connectivity index (χ1) is 8.69. The molecule has 1 unspecified atom stereocenters. The highest BCUT2D eigenvalue weighted by Crippen LogP contribution is 2.16. The minimum atomic E-state index is -0.0752. The third-order valence-electron chi connectivity index (χ3n) is 3.08. The van der Waals surface area contributed by atoms with E-state index in [2.05, 4.69) is 5.16 Å². The van der Waals surface area contributed by atoms with E-state index in [1.54, 1.807) is 17.9 Å². The molecule has 0 aliphatic carbocycles. The zero-order valence-corrected chi connectivity index (χ0v) is 10.5. The van der Waals surface area contributed by atoms with Crippen molar-refractivity contribution in [2.45, 2.75) is 19.8 Å². The lowest BCUT2D eigenvalue weighted by Gasteiger charge is -2.31. The van der Waals surface area contributed by atoms with E-state index in [1.807, 2.05) is 0 Å². The van der Waals surface area contributed by atoms with Crippen molar-refractivity contribution in [1.82, 2.24) is 10.1 Å². The van der Waals surface area contributed by atoms with Crippen molar-refractivity contribution in [2.75, 3.05) is 26.3 Å². The molecule has 6 nitrogen and oxygen atoms in total. The number of likely N-dealkylation sites (tertiary alicyclic amines) is 1. The fraction of sp³-hybridized carbons (Fsp3) is 0.667. The van der Waals surface area contributed by atoms with Gasteiger partial charge in [-0.05, 0) is 30.8 Å². The molecule has 1 amide bonds. The molecule has 1 aromatic heterocycles. The summed E-state index contributed by atoms with van der Waals surface area (Å²) >= 11 is 0. The maximum Gasteiger partial charge on any atom is 0.260 e. The highest BCUT2D eigenvalue weighted by molar-refractivity contribution is 5.77. The molecule has 1 N–H and O–H groups in total. The molecule has 0 spiro atoms. The van der Waals surface area contributed by atoms with Crippen LogP contribution in [0, 0.1) is 12.8 Å². The molecule has 2 rings (SSSR count). The fourth-order valence-electron chi connectivity index (χ4n) is 2.08. The van der Waals surface area contributed by atoms with Gasteiger partial charge in [-0.2, -0.15) is 0 Å². The van der Waals surface area contributed by atoms with Crippen LogP contribution in [0.15, 0.2) is 10.6 Å². The average Bonchev–Trinajstić information content (AvgIpc) is 2.82. The van der Waals surface area contributed by atoms with Gasteiger partial charge in [0.2, 0.25) is 0 Å². The number of hydrogen-bond donors (Lipinski definition) is 1. The molecule has 1 saturated heterocycles. The number of carbonyl (C=O) groups is 1. The van der Waals surface area contributed by atoms with Gasteiger partial charge in [-0.1, -0.05) is 0 Å². The standard InChI is InChI=1S/C12H18N2O4/c1-9-5-11(13-18-9)17-8-12(16)14-4-2-3-10(6-14)7-15/h5,10,15H,2-4,6-8H2,1H3. The van der Waals surface area contributed by atoms with E-state index in [-0.39, 0.29) is 25.0 Å². The predicted molar refractivity (Wildman–Crippen MR) is 63.1 cm³/mol. The number of aryl methyl sites for hydroxylation is 1. The Labute approximate surface area is 106 Å². The SMILES string of the molecule is Cc1cc(OCC(=O)N2CCCC(CO)C2)no1. The van der Waals surface area contributed by atoms with E-state index in [0.29, 0.717) is 18.2 Å². The first-order valence-electron chi connectivity index (χ1n) is 6.14. The molecular weight excluding hydrogens is 236 g/mol. The first-order valence-corrected chi connectivity index (χ1v) is 6.14. The van der Waals surface area contributed by atoms with Gasteiger partial charge >= 0.3 is 0 Å². The minimum Gasteiger partial charge on any atom is -0.465 e. The number of hydrogen-bond acceptors (Lipinski definition) is 5. The summed E-state index contributed by atoms with van der Waals surface area (Å²) in [6.45, 7) is 3.20. The Bertz CT molecular complexity index is 405. The van der Waals surface area contributed by atoms with Crippen molar-refractivity contribution in [3.63, 3.8) is 0 Å². The normalized spacial score (nSPS) is 19.9. The van der Waals surface area contributed by atoms with Crippen LogP contribution in [0.4, 0.5) is 0 Å². The van der Waals surface area contributed by atoms with Gasteiger partial charge in [-0.25, -0.2) is 0 Å². The van der Waals surface area contributed by atoms with Gasteiger partial charge in [0.1, 0.15) is 5.76 Å². The zero-order chi connectivity index (χ0) is 13.0. The van der Waals surface area contributed by atoms with Crippen LogP contribution in [0.3, 0.4) is 0 Å². The Morgan fingerprint density at radius 1 is 1.72 bits per heavy atom. The van der Waals surface area contributed by atoms with Crippen LogP contribution in [0.2, 0.25) is 0 Å². The Balaban J connectivity index is 1.80. The van der Waals surface area contributed by atoms with Gasteiger partial charge in [0, 0.05) is 25.8 Å². The highest BCUT2D eigenvalue weighted by Gasteiger charge is 2.23. The summed E-state index contributed by atoms with van der Waals surface area (Å²) in [4.78, 5) is 13.6. The summed E-state index contributed by atoms with van der Waals surface area (Å²) in [6.07, 6.45) is 1.91. The maximum atomic E-state index is 11.9. The molecular formula is C12H18N2O4. The van der Waals surface area contributed by atoms with Crippen LogP contribution in [0.25, 0.3) is 0 Å². The molecule has 100 valence electrons. The lowest BCUT2D eigenvalue weighted by Crippen LogP contribution is -2.43. The number of nitrogens with zero attached hydrogens (tertiary/aromatic N) is 2. The number of piperidine rings is 1. The number of aromatic nitrogens is 1. The highest BCUT2D eigenvalue weighted by atomic mass is 16.5. The molecule has 1 atom stereocenters. The van der Waals surface area contributed by atoms with Crippen molar-refractivity contribution in [1.29, 1.82) is 0 Å². The van der Waals surface area contributed by atoms with Crippen LogP contribution in [-0.4, -0.2) is 47.4 Å². The van der Waals surface area contributed by atoms with E-state index in [4.69, 9.17) is 14.4 Å². The summed E-state index contributed by atoms with van der Waals surface area (Å²) in [7, 11) is 0. The van der Waals surface area contributed by atoms with Gasteiger partial charge in [-0.3, -0.25) is 4.79 Å². The Hall–Kier alpha value is -1.56. The van der Waals surface area contributed by atoms with Gasteiger partial charge in [-0.15, -0.1) is 0 Å². The van der Waals surface area contributed by atoms with E-state index in [1.165, 1.54) is 0 Å². The van der Waals surface area contributed by atoms with E-state index < -0.39 is 0 Å². The minimum absolute atomic E-state index is 0.0376. The summed E-state index contributed by atoms with van der Waals surface area (Å²) in [5.74, 6) is 1.10. The number of rotatable bonds is 4. The molecule has 0 bridgehead atoms. The second-order valence-electron chi connectivity index (χ2n) is 4.60. The molecule has 0 aromatic carbocycles. The molecule has 1 aliphatic heterocycles. The van der Waals surface area contributed by atoms with Crippen LogP contribution in [0.1, 0.15) is 18.6 Å². The monoisotopic (exact) mass is 254 g/mol. The van der Waals surface area contributed by atoms with Crippen molar-refractivity contribution in [2.24, 2.45) is 5.92 Å². The number of aliphatic hydroxyl groups excluding tert-OH is 1. The van der Waals surface area contributed by atoms with Crippen molar-refractivity contribution in [3.05, 3.63) is 11.8 Å². The third-order valence-corrected chi connectivity index (χ3v) is 3.08. The molecule has 1 fully saturated rings. The Morgan fingerprint density at radius 3 is 3.22 bits per heavy atom. The maximum absolute atomic E-state index is 11.9. The lowest BCUT2D eigenvalue weighted by atomic mass is 9.99. The number of aliphatic hydroxyl groups is 1. The summed E-state index contributed by atoms with van der Waals surface area (Å²) in [5.41, 5.74) is 0. The smallest absolute Gasteiger partial charge is 0.260 e. The van der Waals surface area contributed by atoms with Crippen molar-refractivity contribution >= 4 is 5.91 Å². The van der Waals surface area contributed by atoms with E-state index in [0.717, 1.165) is 19.4 Å². The van der Waals surface area contributed by atoms with Gasteiger partial charge in [0.25, 0.3) is 11.8 Å². The lowest BCUT2D eigenvalue weighted by molar-refractivity contribution is -0.135.